The molecule has 2 aliphatic carbocycles. The molecular weight excluding hydrogens is 324 g/mol. The first-order valence-electron chi connectivity index (χ1n) is 8.45. The molecule has 134 valence electrons. The number of carbonyl (C=O) groups is 3. The second kappa shape index (κ2) is 7.00. The van der Waals surface area contributed by atoms with Crippen LogP contribution in [-0.4, -0.2) is 41.1 Å². The molecule has 2 aliphatic rings. The second-order valence-corrected chi connectivity index (χ2v) is 6.55. The summed E-state index contributed by atoms with van der Waals surface area (Å²) >= 11 is 0. The predicted octanol–water partition coefficient (Wildman–Crippen LogP) is 1.75. The van der Waals surface area contributed by atoms with Gasteiger partial charge in [0.1, 0.15) is 6.04 Å². The fourth-order valence-electron chi connectivity index (χ4n) is 2.42. The Morgan fingerprint density at radius 3 is 2.40 bits per heavy atom. The van der Waals surface area contributed by atoms with E-state index in [2.05, 4.69) is 21.3 Å². The predicted molar refractivity (Wildman–Crippen MR) is 92.8 cm³/mol. The fourth-order valence-corrected chi connectivity index (χ4v) is 2.42. The van der Waals surface area contributed by atoms with E-state index in [-0.39, 0.29) is 11.9 Å². The number of hydrogen-bond donors (Lipinski definition) is 5. The molecule has 0 aromatic heterocycles. The van der Waals surface area contributed by atoms with Crippen LogP contribution < -0.4 is 21.3 Å². The molecule has 1 aromatic rings. The van der Waals surface area contributed by atoms with E-state index in [0.717, 1.165) is 25.7 Å². The van der Waals surface area contributed by atoms with Crippen LogP contribution in [0.1, 0.15) is 43.0 Å². The number of amides is 3. The van der Waals surface area contributed by atoms with Crippen LogP contribution in [0.15, 0.2) is 18.2 Å². The van der Waals surface area contributed by atoms with Gasteiger partial charge in [0.25, 0.3) is 5.91 Å². The third-order valence-corrected chi connectivity index (χ3v) is 4.14. The molecule has 1 aromatic carbocycles. The molecule has 3 rings (SSSR count). The maximum absolute atomic E-state index is 12.5. The van der Waals surface area contributed by atoms with Gasteiger partial charge in [-0.1, -0.05) is 6.07 Å². The summed E-state index contributed by atoms with van der Waals surface area (Å²) in [6, 6.07) is 4.74. The topological polar surface area (TPSA) is 120 Å². The molecule has 8 nitrogen and oxygen atoms in total. The molecule has 0 saturated heterocycles. The lowest BCUT2D eigenvalue weighted by atomic mass is 10.1. The first-order chi connectivity index (χ1) is 11.9. The summed E-state index contributed by atoms with van der Waals surface area (Å²) in [6.45, 7) is 1.46. The molecule has 1 unspecified atom stereocenters. The normalized spacial score (nSPS) is 17.3. The van der Waals surface area contributed by atoms with Gasteiger partial charge in [-0.3, -0.25) is 9.59 Å². The number of para-hydroxylation sites is 1. The Labute approximate surface area is 145 Å². The van der Waals surface area contributed by atoms with Crippen molar-refractivity contribution in [3.63, 3.8) is 0 Å². The van der Waals surface area contributed by atoms with Gasteiger partial charge in [0.15, 0.2) is 0 Å². The van der Waals surface area contributed by atoms with E-state index in [1.54, 1.807) is 18.2 Å². The lowest BCUT2D eigenvalue weighted by molar-refractivity contribution is -0.117. The number of anilines is 2. The first kappa shape index (κ1) is 17.1. The molecule has 0 aliphatic heterocycles. The molecular formula is C17H22N4O4. The van der Waals surface area contributed by atoms with Crippen LogP contribution in [0.25, 0.3) is 0 Å². The smallest absolute Gasteiger partial charge is 0.405 e. The molecule has 8 heteroatoms. The van der Waals surface area contributed by atoms with Crippen molar-refractivity contribution in [3.8, 4) is 0 Å². The highest BCUT2D eigenvalue weighted by Gasteiger charge is 2.28. The maximum Gasteiger partial charge on any atom is 0.405 e. The van der Waals surface area contributed by atoms with Crippen molar-refractivity contribution < 1.29 is 19.5 Å². The van der Waals surface area contributed by atoms with Crippen molar-refractivity contribution in [2.24, 2.45) is 0 Å². The van der Waals surface area contributed by atoms with Gasteiger partial charge in [-0.15, -0.1) is 0 Å². The second-order valence-electron chi connectivity index (χ2n) is 6.55. The fraction of sp³-hybridized carbons (Fsp3) is 0.471. The van der Waals surface area contributed by atoms with Gasteiger partial charge >= 0.3 is 6.09 Å². The monoisotopic (exact) mass is 346 g/mol. The summed E-state index contributed by atoms with van der Waals surface area (Å²) in [4.78, 5) is 35.4. The Balaban J connectivity index is 1.80. The highest BCUT2D eigenvalue weighted by Crippen LogP contribution is 2.33. The minimum atomic E-state index is -1.27. The van der Waals surface area contributed by atoms with Gasteiger partial charge in [0, 0.05) is 12.1 Å². The van der Waals surface area contributed by atoms with Crippen LogP contribution in [0.5, 0.6) is 0 Å². The highest BCUT2D eigenvalue weighted by atomic mass is 16.4. The summed E-state index contributed by atoms with van der Waals surface area (Å²) in [5.74, 6) is -0.653. The van der Waals surface area contributed by atoms with Gasteiger partial charge in [0.05, 0.1) is 16.9 Å². The molecule has 25 heavy (non-hydrogen) atoms. The van der Waals surface area contributed by atoms with Crippen molar-refractivity contribution in [2.45, 2.75) is 50.7 Å². The Kier molecular flexibility index (Phi) is 4.78. The van der Waals surface area contributed by atoms with E-state index in [9.17, 15) is 14.4 Å². The number of carboxylic acid groups (broad SMARTS) is 1. The van der Waals surface area contributed by atoms with Gasteiger partial charge in [0.2, 0.25) is 5.91 Å². The summed E-state index contributed by atoms with van der Waals surface area (Å²) < 4.78 is 0. The molecule has 1 atom stereocenters. The standard InChI is InChI=1S/C17H22N4O4/c1-9(18-17(24)25)15(22)21-13-4-2-3-12(14(13)19-10-5-6-10)16(23)20-11-7-8-11/h2-4,9-11,18-19H,5-8H2,1H3,(H,20,23)(H,21,22)(H,24,25). The average molecular weight is 346 g/mol. The van der Waals surface area contributed by atoms with Crippen molar-refractivity contribution in [1.29, 1.82) is 0 Å². The van der Waals surface area contributed by atoms with Crippen molar-refractivity contribution in [1.82, 2.24) is 10.6 Å². The Morgan fingerprint density at radius 1 is 1.12 bits per heavy atom. The van der Waals surface area contributed by atoms with Gasteiger partial charge in [-0.2, -0.15) is 0 Å². The van der Waals surface area contributed by atoms with Gasteiger partial charge in [-0.05, 0) is 44.7 Å². The third kappa shape index (κ3) is 4.62. The molecule has 0 radical (unpaired) electrons. The molecule has 2 fully saturated rings. The third-order valence-electron chi connectivity index (χ3n) is 4.14. The number of carbonyl (C=O) groups excluding carboxylic acids is 2. The Hall–Kier alpha value is -2.77. The molecule has 0 spiro atoms. The van der Waals surface area contributed by atoms with E-state index in [1.165, 1.54) is 6.92 Å². The highest BCUT2D eigenvalue weighted by molar-refractivity contribution is 6.06. The molecule has 5 N–H and O–H groups in total. The largest absolute Gasteiger partial charge is 0.465 e. The van der Waals surface area contributed by atoms with Crippen molar-refractivity contribution in [3.05, 3.63) is 23.8 Å². The van der Waals surface area contributed by atoms with Crippen LogP contribution in [0, 0.1) is 0 Å². The molecule has 0 heterocycles. The van der Waals surface area contributed by atoms with Crippen LogP contribution in [0.2, 0.25) is 0 Å². The van der Waals surface area contributed by atoms with E-state index in [0.29, 0.717) is 23.0 Å². The van der Waals surface area contributed by atoms with Crippen LogP contribution in [0.4, 0.5) is 16.2 Å². The van der Waals surface area contributed by atoms with E-state index >= 15 is 0 Å². The molecule has 0 bridgehead atoms. The van der Waals surface area contributed by atoms with E-state index in [1.807, 2.05) is 0 Å². The lowest BCUT2D eigenvalue weighted by Gasteiger charge is -2.18. The Bertz CT molecular complexity index is 698. The number of benzene rings is 1. The maximum atomic E-state index is 12.5. The zero-order chi connectivity index (χ0) is 18.0. The number of nitrogens with one attached hydrogen (secondary N) is 4. The zero-order valence-electron chi connectivity index (χ0n) is 14.0. The van der Waals surface area contributed by atoms with Gasteiger partial charge < -0.3 is 26.4 Å². The minimum Gasteiger partial charge on any atom is -0.465 e. The average Bonchev–Trinajstić information content (AvgIpc) is 3.44. The van der Waals surface area contributed by atoms with Gasteiger partial charge in [-0.25, -0.2) is 4.79 Å². The van der Waals surface area contributed by atoms with Crippen molar-refractivity contribution in [2.75, 3.05) is 10.6 Å². The Morgan fingerprint density at radius 2 is 1.80 bits per heavy atom. The van der Waals surface area contributed by atoms with Crippen LogP contribution in [0.3, 0.4) is 0 Å². The van der Waals surface area contributed by atoms with Crippen LogP contribution >= 0.6 is 0 Å². The molecule has 2 saturated carbocycles. The first-order valence-corrected chi connectivity index (χ1v) is 8.45. The zero-order valence-corrected chi connectivity index (χ0v) is 14.0. The van der Waals surface area contributed by atoms with E-state index < -0.39 is 18.0 Å². The molecule has 3 amide bonds. The van der Waals surface area contributed by atoms with Crippen LogP contribution in [-0.2, 0) is 4.79 Å². The quantitative estimate of drug-likeness (QED) is 0.515. The minimum absolute atomic E-state index is 0.168. The van der Waals surface area contributed by atoms with E-state index in [4.69, 9.17) is 5.11 Å². The number of rotatable bonds is 7. The summed E-state index contributed by atoms with van der Waals surface area (Å²) in [7, 11) is 0. The number of hydrogen-bond acceptors (Lipinski definition) is 4. The summed E-state index contributed by atoms with van der Waals surface area (Å²) in [5, 5.41) is 19.8. The summed E-state index contributed by atoms with van der Waals surface area (Å²) in [6.07, 6.45) is 2.75. The SMILES string of the molecule is CC(NC(=O)O)C(=O)Nc1cccc(C(=O)NC2CC2)c1NC1CC1. The van der Waals surface area contributed by atoms with Crippen molar-refractivity contribution >= 4 is 29.3 Å². The lowest BCUT2D eigenvalue weighted by Crippen LogP contribution is -2.41. The summed E-state index contributed by atoms with van der Waals surface area (Å²) in [5.41, 5.74) is 1.54.